The lowest BCUT2D eigenvalue weighted by molar-refractivity contribution is 0.199. The first-order valence-corrected chi connectivity index (χ1v) is 4.46. The SMILES string of the molecule is CCc1n[nH]c(CNCCOC)n1. The second-order valence-corrected chi connectivity index (χ2v) is 2.72. The molecule has 0 saturated heterocycles. The van der Waals surface area contributed by atoms with Gasteiger partial charge in [0, 0.05) is 20.1 Å². The first-order valence-electron chi connectivity index (χ1n) is 4.46. The van der Waals surface area contributed by atoms with E-state index in [0.29, 0.717) is 0 Å². The second-order valence-electron chi connectivity index (χ2n) is 2.72. The van der Waals surface area contributed by atoms with E-state index < -0.39 is 0 Å². The maximum absolute atomic E-state index is 4.90. The zero-order valence-corrected chi connectivity index (χ0v) is 8.13. The molecule has 0 radical (unpaired) electrons. The summed E-state index contributed by atoms with van der Waals surface area (Å²) >= 11 is 0. The molecule has 0 saturated carbocycles. The lowest BCUT2D eigenvalue weighted by Crippen LogP contribution is -2.19. The molecule has 0 fully saturated rings. The molecule has 0 aliphatic heterocycles. The Hall–Kier alpha value is -0.940. The molecule has 74 valence electrons. The Morgan fingerprint density at radius 3 is 3.00 bits per heavy atom. The van der Waals surface area contributed by atoms with Gasteiger partial charge >= 0.3 is 0 Å². The van der Waals surface area contributed by atoms with Gasteiger partial charge in [-0.05, 0) is 0 Å². The van der Waals surface area contributed by atoms with Crippen molar-refractivity contribution in [2.75, 3.05) is 20.3 Å². The molecule has 0 spiro atoms. The molecular formula is C8H16N4O. The van der Waals surface area contributed by atoms with Gasteiger partial charge in [-0.3, -0.25) is 5.10 Å². The fourth-order valence-corrected chi connectivity index (χ4v) is 0.953. The van der Waals surface area contributed by atoms with Crippen molar-refractivity contribution in [1.82, 2.24) is 20.5 Å². The van der Waals surface area contributed by atoms with Crippen LogP contribution in [-0.2, 0) is 17.7 Å². The summed E-state index contributed by atoms with van der Waals surface area (Å²) in [5, 5.41) is 10.1. The van der Waals surface area contributed by atoms with Crippen LogP contribution in [0.2, 0.25) is 0 Å². The van der Waals surface area contributed by atoms with Gasteiger partial charge in [0.1, 0.15) is 11.6 Å². The van der Waals surface area contributed by atoms with Crippen molar-refractivity contribution in [3.8, 4) is 0 Å². The molecule has 0 aliphatic carbocycles. The van der Waals surface area contributed by atoms with Crippen LogP contribution in [0.4, 0.5) is 0 Å². The Bertz CT molecular complexity index is 236. The quantitative estimate of drug-likeness (QED) is 0.616. The van der Waals surface area contributed by atoms with E-state index in [1.807, 2.05) is 6.92 Å². The van der Waals surface area contributed by atoms with Crippen molar-refractivity contribution < 1.29 is 4.74 Å². The molecule has 0 bridgehead atoms. The zero-order chi connectivity index (χ0) is 9.52. The minimum Gasteiger partial charge on any atom is -0.383 e. The van der Waals surface area contributed by atoms with Crippen LogP contribution >= 0.6 is 0 Å². The van der Waals surface area contributed by atoms with Crippen molar-refractivity contribution >= 4 is 0 Å². The van der Waals surface area contributed by atoms with E-state index >= 15 is 0 Å². The van der Waals surface area contributed by atoms with Crippen molar-refractivity contribution in [2.45, 2.75) is 19.9 Å². The van der Waals surface area contributed by atoms with Crippen LogP contribution < -0.4 is 5.32 Å². The largest absolute Gasteiger partial charge is 0.383 e. The van der Waals surface area contributed by atoms with Gasteiger partial charge in [-0.2, -0.15) is 5.10 Å². The van der Waals surface area contributed by atoms with Gasteiger partial charge in [0.05, 0.1) is 13.2 Å². The number of nitrogens with one attached hydrogen (secondary N) is 2. The first kappa shape index (κ1) is 10.1. The van der Waals surface area contributed by atoms with Crippen molar-refractivity contribution in [3.63, 3.8) is 0 Å². The van der Waals surface area contributed by atoms with Crippen LogP contribution in [0, 0.1) is 0 Å². The average Bonchev–Trinajstić information content (AvgIpc) is 2.60. The molecular weight excluding hydrogens is 168 g/mol. The molecule has 0 amide bonds. The lowest BCUT2D eigenvalue weighted by atomic mass is 10.5. The lowest BCUT2D eigenvalue weighted by Gasteiger charge is -1.99. The van der Waals surface area contributed by atoms with Crippen LogP contribution in [0.15, 0.2) is 0 Å². The van der Waals surface area contributed by atoms with Gasteiger partial charge in [0.25, 0.3) is 0 Å². The summed E-state index contributed by atoms with van der Waals surface area (Å²) in [7, 11) is 1.69. The third-order valence-corrected chi connectivity index (χ3v) is 1.67. The van der Waals surface area contributed by atoms with E-state index in [-0.39, 0.29) is 0 Å². The summed E-state index contributed by atoms with van der Waals surface area (Å²) in [6.45, 7) is 4.30. The summed E-state index contributed by atoms with van der Waals surface area (Å²) < 4.78 is 4.90. The number of aromatic nitrogens is 3. The number of hydrogen-bond donors (Lipinski definition) is 2. The topological polar surface area (TPSA) is 62.8 Å². The Morgan fingerprint density at radius 2 is 2.38 bits per heavy atom. The second kappa shape index (κ2) is 5.66. The summed E-state index contributed by atoms with van der Waals surface area (Å²) in [5.74, 6) is 1.75. The van der Waals surface area contributed by atoms with Gasteiger partial charge in [-0.25, -0.2) is 4.98 Å². The number of H-pyrrole nitrogens is 1. The molecule has 13 heavy (non-hydrogen) atoms. The predicted molar refractivity (Wildman–Crippen MR) is 49.3 cm³/mol. The summed E-state index contributed by atoms with van der Waals surface area (Å²) in [4.78, 5) is 4.26. The van der Waals surface area contributed by atoms with Gasteiger partial charge in [-0.15, -0.1) is 0 Å². The molecule has 1 rings (SSSR count). The molecule has 2 N–H and O–H groups in total. The third-order valence-electron chi connectivity index (χ3n) is 1.67. The first-order chi connectivity index (χ1) is 6.36. The molecule has 1 aromatic heterocycles. The summed E-state index contributed by atoms with van der Waals surface area (Å²) in [6.07, 6.45) is 0.870. The molecule has 1 aromatic rings. The number of nitrogens with zero attached hydrogens (tertiary/aromatic N) is 2. The van der Waals surface area contributed by atoms with E-state index in [4.69, 9.17) is 4.74 Å². The summed E-state index contributed by atoms with van der Waals surface area (Å²) in [5.41, 5.74) is 0. The van der Waals surface area contributed by atoms with E-state index in [0.717, 1.165) is 37.8 Å². The normalized spacial score (nSPS) is 10.6. The van der Waals surface area contributed by atoms with E-state index in [1.54, 1.807) is 7.11 Å². The Labute approximate surface area is 77.9 Å². The van der Waals surface area contributed by atoms with Crippen LogP contribution in [0.3, 0.4) is 0 Å². The smallest absolute Gasteiger partial charge is 0.150 e. The number of aryl methyl sites for hydroxylation is 1. The predicted octanol–water partition coefficient (Wildman–Crippen LogP) is 0.103. The van der Waals surface area contributed by atoms with Gasteiger partial charge in [0.15, 0.2) is 0 Å². The van der Waals surface area contributed by atoms with Crippen LogP contribution in [0.5, 0.6) is 0 Å². The molecule has 0 aromatic carbocycles. The number of ether oxygens (including phenoxy) is 1. The van der Waals surface area contributed by atoms with E-state index in [9.17, 15) is 0 Å². The molecule has 0 atom stereocenters. The number of rotatable bonds is 6. The molecule has 0 aliphatic rings. The van der Waals surface area contributed by atoms with Gasteiger partial charge < -0.3 is 10.1 Å². The Morgan fingerprint density at radius 1 is 1.54 bits per heavy atom. The summed E-state index contributed by atoms with van der Waals surface area (Å²) in [6, 6.07) is 0. The number of methoxy groups -OCH3 is 1. The standard InChI is InChI=1S/C8H16N4O/c1-3-7-10-8(12-11-7)6-9-4-5-13-2/h9H,3-6H2,1-2H3,(H,10,11,12). The van der Waals surface area contributed by atoms with Crippen LogP contribution in [-0.4, -0.2) is 35.4 Å². The Balaban J connectivity index is 2.20. The monoisotopic (exact) mass is 184 g/mol. The maximum atomic E-state index is 4.90. The number of aromatic amines is 1. The highest BCUT2D eigenvalue weighted by Crippen LogP contribution is 1.92. The van der Waals surface area contributed by atoms with E-state index in [2.05, 4.69) is 20.5 Å². The molecule has 5 nitrogen and oxygen atoms in total. The zero-order valence-electron chi connectivity index (χ0n) is 8.13. The minimum atomic E-state index is 0.717. The highest BCUT2D eigenvalue weighted by molar-refractivity contribution is 4.89. The Kier molecular flexibility index (Phi) is 4.42. The van der Waals surface area contributed by atoms with Crippen molar-refractivity contribution in [1.29, 1.82) is 0 Å². The van der Waals surface area contributed by atoms with Gasteiger partial charge in [0.2, 0.25) is 0 Å². The maximum Gasteiger partial charge on any atom is 0.150 e. The number of hydrogen-bond acceptors (Lipinski definition) is 4. The average molecular weight is 184 g/mol. The molecule has 5 heteroatoms. The highest BCUT2D eigenvalue weighted by Gasteiger charge is 1.99. The minimum absolute atomic E-state index is 0.717. The van der Waals surface area contributed by atoms with E-state index in [1.165, 1.54) is 0 Å². The third kappa shape index (κ3) is 3.52. The van der Waals surface area contributed by atoms with Crippen molar-refractivity contribution in [2.24, 2.45) is 0 Å². The van der Waals surface area contributed by atoms with Crippen molar-refractivity contribution in [3.05, 3.63) is 11.6 Å². The fourth-order valence-electron chi connectivity index (χ4n) is 0.953. The highest BCUT2D eigenvalue weighted by atomic mass is 16.5. The molecule has 0 unspecified atom stereocenters. The molecule has 1 heterocycles. The fraction of sp³-hybridized carbons (Fsp3) is 0.750. The van der Waals surface area contributed by atoms with Gasteiger partial charge in [-0.1, -0.05) is 6.92 Å². The van der Waals surface area contributed by atoms with Crippen LogP contribution in [0.25, 0.3) is 0 Å². The van der Waals surface area contributed by atoms with Crippen LogP contribution in [0.1, 0.15) is 18.6 Å².